The molecule has 108 valence electrons. The Labute approximate surface area is 146 Å². The maximum Gasteiger partial charge on any atom is 0.0860 e. The number of hydrogen-bond donors (Lipinski definition) is 0. The summed E-state index contributed by atoms with van der Waals surface area (Å²) < 4.78 is 2.19. The van der Waals surface area contributed by atoms with Crippen LogP contribution in [0.2, 0.25) is 0 Å². The highest BCUT2D eigenvalue weighted by molar-refractivity contribution is 9.12. The molecule has 0 nitrogen and oxygen atoms in total. The van der Waals surface area contributed by atoms with Crippen molar-refractivity contribution in [3.8, 4) is 0 Å². The molecule has 0 fully saturated rings. The first-order valence-corrected chi connectivity index (χ1v) is 9.25. The molecule has 0 spiro atoms. The number of hydrogen-bond acceptors (Lipinski definition) is 1. The fourth-order valence-electron chi connectivity index (χ4n) is 2.59. The lowest BCUT2D eigenvalue weighted by Crippen LogP contribution is -2.05. The molecule has 1 atom stereocenters. The van der Waals surface area contributed by atoms with E-state index >= 15 is 0 Å². The zero-order valence-electron chi connectivity index (χ0n) is 12.2. The van der Waals surface area contributed by atoms with E-state index in [9.17, 15) is 0 Å². The van der Waals surface area contributed by atoms with Gasteiger partial charge in [-0.1, -0.05) is 0 Å². The minimum absolute atomic E-state index is 0.120. The highest BCUT2D eigenvalue weighted by Crippen LogP contribution is 2.44. The van der Waals surface area contributed by atoms with Crippen LogP contribution in [0.4, 0.5) is 0 Å². The third-order valence-electron chi connectivity index (χ3n) is 4.27. The molecule has 1 unspecified atom stereocenters. The van der Waals surface area contributed by atoms with Gasteiger partial charge in [-0.05, 0) is 106 Å². The van der Waals surface area contributed by atoms with Crippen molar-refractivity contribution in [3.63, 3.8) is 0 Å². The number of halogens is 3. The van der Waals surface area contributed by atoms with Gasteiger partial charge in [0.15, 0.2) is 0 Å². The molecule has 2 rings (SSSR count). The highest BCUT2D eigenvalue weighted by atomic mass is 79.9. The first-order chi connectivity index (χ1) is 9.25. The van der Waals surface area contributed by atoms with E-state index in [0.29, 0.717) is 0 Å². The molecule has 0 amide bonds. The predicted molar refractivity (Wildman–Crippen MR) is 97.5 cm³/mol. The molecule has 0 radical (unpaired) electrons. The first kappa shape index (κ1) is 16.5. The molecule has 0 N–H and O–H groups in total. The predicted octanol–water partition coefficient (Wildman–Crippen LogP) is 7.14. The lowest BCUT2D eigenvalue weighted by Gasteiger charge is -2.22. The second-order valence-corrected chi connectivity index (χ2v) is 9.37. The fraction of sp³-hybridized carbons (Fsp3) is 0.375. The lowest BCUT2D eigenvalue weighted by molar-refractivity contribution is 1.04. The minimum atomic E-state index is -0.120. The summed E-state index contributed by atoms with van der Waals surface area (Å²) in [6.07, 6.45) is 0. The summed E-state index contributed by atoms with van der Waals surface area (Å²) in [6.45, 7) is 10.9. The van der Waals surface area contributed by atoms with Crippen LogP contribution < -0.4 is 0 Å². The van der Waals surface area contributed by atoms with E-state index in [4.69, 9.17) is 11.6 Å². The van der Waals surface area contributed by atoms with E-state index in [2.05, 4.69) is 72.5 Å². The van der Waals surface area contributed by atoms with Crippen LogP contribution in [0.15, 0.2) is 13.6 Å². The monoisotopic (exact) mass is 434 g/mol. The molecule has 0 aliphatic heterocycles. The Hall–Kier alpha value is 0.170. The third-order valence-corrected chi connectivity index (χ3v) is 7.11. The SMILES string of the molecule is Cc1c(C)c(C)c(C(Cl)c2cc(Br)sc2Br)c(C)c1C. The largest absolute Gasteiger partial charge is 0.121 e. The van der Waals surface area contributed by atoms with E-state index in [1.807, 2.05) is 0 Å². The molecule has 0 saturated carbocycles. The lowest BCUT2D eigenvalue weighted by atomic mass is 9.87. The van der Waals surface area contributed by atoms with Crippen molar-refractivity contribution >= 4 is 54.8 Å². The van der Waals surface area contributed by atoms with Crippen LogP contribution in [-0.4, -0.2) is 0 Å². The molecule has 1 aromatic heterocycles. The van der Waals surface area contributed by atoms with Crippen molar-refractivity contribution in [1.82, 2.24) is 0 Å². The molecular formula is C16H17Br2ClS. The van der Waals surface area contributed by atoms with Gasteiger partial charge in [-0.2, -0.15) is 0 Å². The molecule has 1 heterocycles. The van der Waals surface area contributed by atoms with Gasteiger partial charge in [0.1, 0.15) is 0 Å². The molecular weight excluding hydrogens is 420 g/mol. The average molecular weight is 437 g/mol. The van der Waals surface area contributed by atoms with Crippen molar-refractivity contribution in [2.24, 2.45) is 0 Å². The quantitative estimate of drug-likeness (QED) is 0.439. The maximum atomic E-state index is 6.81. The number of rotatable bonds is 2. The van der Waals surface area contributed by atoms with Crippen molar-refractivity contribution in [2.45, 2.75) is 40.0 Å². The van der Waals surface area contributed by atoms with E-state index in [0.717, 1.165) is 13.1 Å². The molecule has 4 heteroatoms. The first-order valence-electron chi connectivity index (χ1n) is 6.41. The standard InChI is InChI=1S/C16H17Br2ClS/c1-7-8(2)10(4)14(11(5)9(7)3)15(19)12-6-13(17)20-16(12)18/h6,15H,1-5H3. The van der Waals surface area contributed by atoms with Crippen LogP contribution in [0.3, 0.4) is 0 Å². The summed E-state index contributed by atoms with van der Waals surface area (Å²) in [5.41, 5.74) is 9.06. The topological polar surface area (TPSA) is 0 Å². The van der Waals surface area contributed by atoms with Gasteiger partial charge in [0.05, 0.1) is 12.9 Å². The summed E-state index contributed by atoms with van der Waals surface area (Å²) in [6, 6.07) is 2.11. The highest BCUT2D eigenvalue weighted by Gasteiger charge is 2.23. The van der Waals surface area contributed by atoms with Crippen molar-refractivity contribution in [3.05, 3.63) is 52.6 Å². The van der Waals surface area contributed by atoms with Gasteiger partial charge in [-0.3, -0.25) is 0 Å². The van der Waals surface area contributed by atoms with Crippen LogP contribution in [0.1, 0.15) is 44.3 Å². The molecule has 2 aromatic rings. The summed E-state index contributed by atoms with van der Waals surface area (Å²) in [7, 11) is 0. The molecule has 0 aliphatic rings. The normalized spacial score (nSPS) is 12.8. The molecule has 20 heavy (non-hydrogen) atoms. The van der Waals surface area contributed by atoms with E-state index in [1.54, 1.807) is 11.3 Å². The average Bonchev–Trinajstić information content (AvgIpc) is 2.73. The van der Waals surface area contributed by atoms with Gasteiger partial charge in [-0.15, -0.1) is 22.9 Å². The Morgan fingerprint density at radius 3 is 1.75 bits per heavy atom. The zero-order valence-corrected chi connectivity index (χ0v) is 16.9. The second kappa shape index (κ2) is 6.12. The van der Waals surface area contributed by atoms with Crippen LogP contribution in [0.5, 0.6) is 0 Å². The third kappa shape index (κ3) is 2.75. The summed E-state index contributed by atoms with van der Waals surface area (Å²) in [5, 5.41) is -0.120. The van der Waals surface area contributed by atoms with Gasteiger partial charge in [0.25, 0.3) is 0 Å². The van der Waals surface area contributed by atoms with Gasteiger partial charge in [0, 0.05) is 5.56 Å². The smallest absolute Gasteiger partial charge is 0.0860 e. The van der Waals surface area contributed by atoms with Gasteiger partial charge in [0.2, 0.25) is 0 Å². The zero-order chi connectivity index (χ0) is 15.2. The Morgan fingerprint density at radius 2 is 1.35 bits per heavy atom. The summed E-state index contributed by atoms with van der Waals surface area (Å²) in [5.74, 6) is 0. The minimum Gasteiger partial charge on any atom is -0.121 e. The van der Waals surface area contributed by atoms with E-state index < -0.39 is 0 Å². The number of thiophene rings is 1. The Morgan fingerprint density at radius 1 is 0.900 bits per heavy atom. The molecule has 0 saturated heterocycles. The Bertz CT molecular complexity index is 645. The van der Waals surface area contributed by atoms with Crippen LogP contribution in [-0.2, 0) is 0 Å². The van der Waals surface area contributed by atoms with Crippen LogP contribution >= 0.6 is 54.8 Å². The summed E-state index contributed by atoms with van der Waals surface area (Å²) in [4.78, 5) is 0. The van der Waals surface area contributed by atoms with Crippen LogP contribution in [0.25, 0.3) is 0 Å². The van der Waals surface area contributed by atoms with Gasteiger partial charge >= 0.3 is 0 Å². The Balaban J connectivity index is 2.67. The van der Waals surface area contributed by atoms with Gasteiger partial charge in [-0.25, -0.2) is 0 Å². The molecule has 0 bridgehead atoms. The van der Waals surface area contributed by atoms with Crippen molar-refractivity contribution in [2.75, 3.05) is 0 Å². The van der Waals surface area contributed by atoms with Gasteiger partial charge < -0.3 is 0 Å². The van der Waals surface area contributed by atoms with E-state index in [1.165, 1.54) is 33.4 Å². The molecule has 1 aromatic carbocycles. The second-order valence-electron chi connectivity index (χ2n) is 5.18. The maximum absolute atomic E-state index is 6.81. The Kier molecular flexibility index (Phi) is 5.06. The van der Waals surface area contributed by atoms with Crippen molar-refractivity contribution < 1.29 is 0 Å². The molecule has 0 aliphatic carbocycles. The van der Waals surface area contributed by atoms with Crippen LogP contribution in [0, 0.1) is 34.6 Å². The van der Waals surface area contributed by atoms with E-state index in [-0.39, 0.29) is 5.38 Å². The van der Waals surface area contributed by atoms with Crippen molar-refractivity contribution in [1.29, 1.82) is 0 Å². The fourth-order valence-corrected chi connectivity index (χ4v) is 6.19. The number of benzene rings is 1. The number of alkyl halides is 1. The summed E-state index contributed by atoms with van der Waals surface area (Å²) >= 11 is 15.6.